The Kier molecular flexibility index (Phi) is 4.49. The van der Waals surface area contributed by atoms with E-state index in [2.05, 4.69) is 5.16 Å². The number of carbonyl (C=O) groups is 1. The van der Waals surface area contributed by atoms with Crippen LogP contribution in [0.3, 0.4) is 0 Å². The highest BCUT2D eigenvalue weighted by Crippen LogP contribution is 2.08. The molecule has 0 spiro atoms. The van der Waals surface area contributed by atoms with E-state index in [9.17, 15) is 4.79 Å². The molecule has 1 atom stereocenters. The Bertz CT molecular complexity index is 349. The van der Waals surface area contributed by atoms with Gasteiger partial charge in [-0.25, -0.2) is 0 Å². The number of hydrogen-bond donors (Lipinski definition) is 1. The Balaban J connectivity index is 2.52. The van der Waals surface area contributed by atoms with E-state index in [0.717, 1.165) is 18.0 Å². The average molecular weight is 226 g/mol. The summed E-state index contributed by atoms with van der Waals surface area (Å²) in [4.78, 5) is 12.8. The number of hydrogen-bond acceptors (Lipinski definition) is 4. The lowest BCUT2D eigenvalue weighted by Crippen LogP contribution is -2.31. The van der Waals surface area contributed by atoms with Gasteiger partial charge in [0.25, 0.3) is 0 Å². The van der Waals surface area contributed by atoms with Crippen LogP contribution in [-0.2, 0) is 11.3 Å². The molecule has 1 rings (SSSR count). The maximum absolute atomic E-state index is 10.7. The summed E-state index contributed by atoms with van der Waals surface area (Å²) in [5, 5.41) is 12.6. The standard InChI is InChI=1S/C11H18N2O3/c1-4-13(6-8(2)11(14)15)7-10-5-9(3)12-16-10/h5,8H,4,6-7H2,1-3H3,(H,14,15). The molecule has 0 bridgehead atoms. The van der Waals surface area contributed by atoms with Crippen molar-refractivity contribution in [1.29, 1.82) is 0 Å². The molecule has 0 aliphatic carbocycles. The summed E-state index contributed by atoms with van der Waals surface area (Å²) >= 11 is 0. The maximum atomic E-state index is 10.7. The minimum Gasteiger partial charge on any atom is -0.481 e. The number of nitrogens with zero attached hydrogens (tertiary/aromatic N) is 2. The molecule has 1 heterocycles. The largest absolute Gasteiger partial charge is 0.481 e. The number of aromatic nitrogens is 1. The van der Waals surface area contributed by atoms with Gasteiger partial charge in [-0.1, -0.05) is 19.0 Å². The van der Waals surface area contributed by atoms with Gasteiger partial charge in [0.15, 0.2) is 5.76 Å². The van der Waals surface area contributed by atoms with E-state index in [0.29, 0.717) is 13.1 Å². The molecule has 0 saturated heterocycles. The van der Waals surface area contributed by atoms with E-state index < -0.39 is 5.97 Å². The third-order valence-corrected chi connectivity index (χ3v) is 2.46. The fourth-order valence-electron chi connectivity index (χ4n) is 1.48. The first kappa shape index (κ1) is 12.7. The van der Waals surface area contributed by atoms with Gasteiger partial charge in [0.2, 0.25) is 0 Å². The third kappa shape index (κ3) is 3.66. The van der Waals surface area contributed by atoms with Crippen molar-refractivity contribution in [2.75, 3.05) is 13.1 Å². The second-order valence-electron chi connectivity index (χ2n) is 4.00. The summed E-state index contributed by atoms with van der Waals surface area (Å²) in [7, 11) is 0. The van der Waals surface area contributed by atoms with Crippen molar-refractivity contribution in [3.05, 3.63) is 17.5 Å². The summed E-state index contributed by atoms with van der Waals surface area (Å²) in [6.45, 7) is 7.48. The lowest BCUT2D eigenvalue weighted by Gasteiger charge is -2.20. The SMILES string of the molecule is CCN(Cc1cc(C)no1)CC(C)C(=O)O. The van der Waals surface area contributed by atoms with Gasteiger partial charge < -0.3 is 9.63 Å². The van der Waals surface area contributed by atoms with Gasteiger partial charge >= 0.3 is 5.97 Å². The van der Waals surface area contributed by atoms with Gasteiger partial charge in [-0.2, -0.15) is 0 Å². The second kappa shape index (κ2) is 5.65. The molecule has 5 heteroatoms. The molecule has 0 aliphatic rings. The Morgan fingerprint density at radius 1 is 1.69 bits per heavy atom. The summed E-state index contributed by atoms with van der Waals surface area (Å²) in [6, 6.07) is 1.87. The normalized spacial score (nSPS) is 13.0. The monoisotopic (exact) mass is 226 g/mol. The van der Waals surface area contributed by atoms with Crippen LogP contribution >= 0.6 is 0 Å². The van der Waals surface area contributed by atoms with Gasteiger partial charge in [0.1, 0.15) is 0 Å². The van der Waals surface area contributed by atoms with E-state index in [-0.39, 0.29) is 5.92 Å². The van der Waals surface area contributed by atoms with Crippen LogP contribution in [0.15, 0.2) is 10.6 Å². The quantitative estimate of drug-likeness (QED) is 0.796. The predicted octanol–water partition coefficient (Wildman–Crippen LogP) is 1.53. The molecule has 5 nitrogen and oxygen atoms in total. The fraction of sp³-hybridized carbons (Fsp3) is 0.636. The molecule has 0 radical (unpaired) electrons. The molecule has 1 unspecified atom stereocenters. The number of rotatable bonds is 6. The topological polar surface area (TPSA) is 66.6 Å². The average Bonchev–Trinajstić information content (AvgIpc) is 2.62. The lowest BCUT2D eigenvalue weighted by molar-refractivity contribution is -0.141. The van der Waals surface area contributed by atoms with Crippen LogP contribution < -0.4 is 0 Å². The molecule has 0 aromatic carbocycles. The zero-order valence-electron chi connectivity index (χ0n) is 9.93. The molecule has 0 saturated carbocycles. The summed E-state index contributed by atoms with van der Waals surface area (Å²) < 4.78 is 5.10. The molecule has 0 fully saturated rings. The highest BCUT2D eigenvalue weighted by atomic mass is 16.5. The lowest BCUT2D eigenvalue weighted by atomic mass is 10.1. The second-order valence-corrected chi connectivity index (χ2v) is 4.00. The van der Waals surface area contributed by atoms with Crippen LogP contribution in [0.2, 0.25) is 0 Å². The maximum Gasteiger partial charge on any atom is 0.307 e. The third-order valence-electron chi connectivity index (χ3n) is 2.46. The minimum absolute atomic E-state index is 0.371. The van der Waals surface area contributed by atoms with Gasteiger partial charge in [0.05, 0.1) is 18.2 Å². The molecule has 1 aromatic heterocycles. The van der Waals surface area contributed by atoms with Crippen molar-refractivity contribution in [3.8, 4) is 0 Å². The Morgan fingerprint density at radius 3 is 2.81 bits per heavy atom. The molecule has 1 aromatic rings. The van der Waals surface area contributed by atoms with E-state index in [1.54, 1.807) is 6.92 Å². The van der Waals surface area contributed by atoms with Gasteiger partial charge in [-0.05, 0) is 13.5 Å². The van der Waals surface area contributed by atoms with Crippen LogP contribution in [-0.4, -0.2) is 34.2 Å². The smallest absolute Gasteiger partial charge is 0.307 e. The molecule has 1 N–H and O–H groups in total. The van der Waals surface area contributed by atoms with Crippen LogP contribution in [0.1, 0.15) is 25.3 Å². The van der Waals surface area contributed by atoms with Crippen molar-refractivity contribution in [3.63, 3.8) is 0 Å². The van der Waals surface area contributed by atoms with Crippen LogP contribution in [0.25, 0.3) is 0 Å². The van der Waals surface area contributed by atoms with Gasteiger partial charge in [-0.3, -0.25) is 9.69 Å². The molecule has 0 aliphatic heterocycles. The molecule has 16 heavy (non-hydrogen) atoms. The van der Waals surface area contributed by atoms with Crippen LogP contribution in [0.5, 0.6) is 0 Å². The zero-order valence-corrected chi connectivity index (χ0v) is 9.93. The Labute approximate surface area is 95.0 Å². The number of aliphatic carboxylic acids is 1. The van der Waals surface area contributed by atoms with Gasteiger partial charge in [-0.15, -0.1) is 0 Å². The van der Waals surface area contributed by atoms with Crippen molar-refractivity contribution >= 4 is 5.97 Å². The summed E-state index contributed by atoms with van der Waals surface area (Å²) in [5.74, 6) is -0.367. The fourth-order valence-corrected chi connectivity index (χ4v) is 1.48. The van der Waals surface area contributed by atoms with E-state index in [1.165, 1.54) is 0 Å². The van der Waals surface area contributed by atoms with Crippen molar-refractivity contribution in [2.24, 2.45) is 5.92 Å². The number of aryl methyl sites for hydroxylation is 1. The molecular weight excluding hydrogens is 208 g/mol. The van der Waals surface area contributed by atoms with Crippen molar-refractivity contribution in [2.45, 2.75) is 27.3 Å². The number of carboxylic acids is 1. The van der Waals surface area contributed by atoms with Crippen molar-refractivity contribution in [1.82, 2.24) is 10.1 Å². The molecular formula is C11H18N2O3. The summed E-state index contributed by atoms with van der Waals surface area (Å²) in [5.41, 5.74) is 0.845. The highest BCUT2D eigenvalue weighted by molar-refractivity contribution is 5.69. The number of carboxylic acid groups (broad SMARTS) is 1. The Morgan fingerprint density at radius 2 is 2.38 bits per heavy atom. The van der Waals surface area contributed by atoms with Gasteiger partial charge in [0, 0.05) is 12.6 Å². The minimum atomic E-state index is -0.771. The zero-order chi connectivity index (χ0) is 12.1. The van der Waals surface area contributed by atoms with E-state index in [1.807, 2.05) is 24.8 Å². The van der Waals surface area contributed by atoms with Crippen molar-refractivity contribution < 1.29 is 14.4 Å². The first-order chi connectivity index (χ1) is 7.52. The predicted molar refractivity (Wildman–Crippen MR) is 59.0 cm³/mol. The Hall–Kier alpha value is -1.36. The van der Waals surface area contributed by atoms with E-state index >= 15 is 0 Å². The highest BCUT2D eigenvalue weighted by Gasteiger charge is 2.16. The van der Waals surface area contributed by atoms with Crippen LogP contribution in [0.4, 0.5) is 0 Å². The molecule has 0 amide bonds. The summed E-state index contributed by atoms with van der Waals surface area (Å²) in [6.07, 6.45) is 0. The first-order valence-electron chi connectivity index (χ1n) is 5.40. The first-order valence-corrected chi connectivity index (χ1v) is 5.40. The van der Waals surface area contributed by atoms with Crippen LogP contribution in [0, 0.1) is 12.8 Å². The molecule has 90 valence electrons. The van der Waals surface area contributed by atoms with E-state index in [4.69, 9.17) is 9.63 Å².